The summed E-state index contributed by atoms with van der Waals surface area (Å²) < 4.78 is 32.3. The summed E-state index contributed by atoms with van der Waals surface area (Å²) in [6.45, 7) is 2.18. The molecule has 1 saturated carbocycles. The number of nitrogens with zero attached hydrogens (tertiary/aromatic N) is 1. The average Bonchev–Trinajstić information content (AvgIpc) is 3.45. The maximum atomic E-state index is 13.0. The Kier molecular flexibility index (Phi) is 6.93. The number of methoxy groups -OCH3 is 1. The molecule has 1 N–H and O–H groups in total. The number of esters is 1. The van der Waals surface area contributed by atoms with E-state index in [2.05, 4.69) is 12.2 Å². The third-order valence-corrected chi connectivity index (χ3v) is 9.85. The number of carbonyl (C=O) groups is 2. The zero-order chi connectivity index (χ0) is 23.8. The molecule has 2 aliphatic carbocycles. The van der Waals surface area contributed by atoms with E-state index in [1.165, 1.54) is 47.0 Å². The maximum Gasteiger partial charge on any atom is 0.341 e. The van der Waals surface area contributed by atoms with Crippen LogP contribution in [0.5, 0.6) is 0 Å². The second kappa shape index (κ2) is 9.56. The number of nitrogens with one attached hydrogen (secondary N) is 1. The van der Waals surface area contributed by atoms with Crippen molar-refractivity contribution in [2.45, 2.75) is 62.8 Å². The molecule has 4 rings (SSSR count). The zero-order valence-corrected chi connectivity index (χ0v) is 20.9. The van der Waals surface area contributed by atoms with Gasteiger partial charge in [-0.2, -0.15) is 4.31 Å². The summed E-state index contributed by atoms with van der Waals surface area (Å²) in [6.07, 6.45) is 6.50. The molecule has 0 radical (unpaired) electrons. The first-order valence-corrected chi connectivity index (χ1v) is 13.6. The Morgan fingerprint density at radius 1 is 1.12 bits per heavy atom. The lowest BCUT2D eigenvalue weighted by Gasteiger charge is -2.23. The second-order valence-corrected chi connectivity index (χ2v) is 12.1. The summed E-state index contributed by atoms with van der Waals surface area (Å²) in [4.78, 5) is 26.7. The summed E-state index contributed by atoms with van der Waals surface area (Å²) in [7, 11) is -0.647. The summed E-state index contributed by atoms with van der Waals surface area (Å²) in [5, 5.41) is 3.35. The van der Waals surface area contributed by atoms with Crippen LogP contribution < -0.4 is 5.32 Å². The van der Waals surface area contributed by atoms with Gasteiger partial charge in [-0.25, -0.2) is 13.2 Å². The molecule has 2 aliphatic rings. The third kappa shape index (κ3) is 4.72. The van der Waals surface area contributed by atoms with Crippen LogP contribution in [0.1, 0.15) is 70.2 Å². The number of amides is 1. The molecule has 0 bridgehead atoms. The Morgan fingerprint density at radius 2 is 1.79 bits per heavy atom. The lowest BCUT2D eigenvalue weighted by Crippen LogP contribution is -2.35. The third-order valence-electron chi connectivity index (χ3n) is 6.76. The van der Waals surface area contributed by atoms with E-state index in [9.17, 15) is 18.0 Å². The Labute approximate surface area is 199 Å². The van der Waals surface area contributed by atoms with Crippen molar-refractivity contribution >= 4 is 38.2 Å². The fourth-order valence-corrected chi connectivity index (χ4v) is 7.55. The fourth-order valence-electron chi connectivity index (χ4n) is 4.74. The summed E-state index contributed by atoms with van der Waals surface area (Å²) in [5.74, 6) is -0.310. The molecule has 1 amide bonds. The Bertz CT molecular complexity index is 1150. The first kappa shape index (κ1) is 23.9. The van der Waals surface area contributed by atoms with Crippen LogP contribution in [-0.4, -0.2) is 44.8 Å². The SMILES string of the molecule is COC(=O)c1c(NC(=O)c2ccc(S(=O)(=O)N(C)C3CCCC3)cc2)sc2c1CCC(C)C2. The number of fused-ring (bicyclic) bond motifs is 1. The van der Waals surface area contributed by atoms with E-state index in [1.807, 2.05) is 0 Å². The summed E-state index contributed by atoms with van der Waals surface area (Å²) in [5.41, 5.74) is 1.74. The highest BCUT2D eigenvalue weighted by molar-refractivity contribution is 7.89. The number of ether oxygens (including phenoxy) is 1. The largest absolute Gasteiger partial charge is 0.465 e. The number of sulfonamides is 1. The molecule has 1 fully saturated rings. The molecule has 0 spiro atoms. The predicted octanol–water partition coefficient (Wildman–Crippen LogP) is 4.47. The molecule has 7 nitrogen and oxygen atoms in total. The molecule has 1 aromatic heterocycles. The predicted molar refractivity (Wildman–Crippen MR) is 128 cm³/mol. The number of thiophene rings is 1. The van der Waals surface area contributed by atoms with Gasteiger partial charge in [-0.15, -0.1) is 11.3 Å². The van der Waals surface area contributed by atoms with Crippen molar-refractivity contribution in [2.24, 2.45) is 5.92 Å². The number of benzene rings is 1. The lowest BCUT2D eigenvalue weighted by atomic mass is 9.88. The van der Waals surface area contributed by atoms with Crippen LogP contribution in [0, 0.1) is 5.92 Å². The van der Waals surface area contributed by atoms with Crippen molar-refractivity contribution in [1.82, 2.24) is 4.31 Å². The topological polar surface area (TPSA) is 92.8 Å². The number of hydrogen-bond donors (Lipinski definition) is 1. The zero-order valence-electron chi connectivity index (χ0n) is 19.2. The summed E-state index contributed by atoms with van der Waals surface area (Å²) >= 11 is 1.42. The van der Waals surface area contributed by atoms with Gasteiger partial charge in [-0.3, -0.25) is 4.79 Å². The number of hydrogen-bond acceptors (Lipinski definition) is 6. The summed E-state index contributed by atoms with van der Waals surface area (Å²) in [6, 6.07) is 5.99. The van der Waals surface area contributed by atoms with Crippen molar-refractivity contribution in [3.63, 3.8) is 0 Å². The van der Waals surface area contributed by atoms with E-state index in [0.717, 1.165) is 55.4 Å². The molecule has 1 unspecified atom stereocenters. The molecule has 178 valence electrons. The highest BCUT2D eigenvalue weighted by Crippen LogP contribution is 2.40. The first-order chi connectivity index (χ1) is 15.7. The smallest absolute Gasteiger partial charge is 0.341 e. The van der Waals surface area contributed by atoms with Gasteiger partial charge >= 0.3 is 5.97 Å². The van der Waals surface area contributed by atoms with E-state index in [-0.39, 0.29) is 16.8 Å². The second-order valence-electron chi connectivity index (χ2n) is 8.99. The lowest BCUT2D eigenvalue weighted by molar-refractivity contribution is 0.0600. The van der Waals surface area contributed by atoms with E-state index < -0.39 is 16.0 Å². The van der Waals surface area contributed by atoms with Crippen LogP contribution in [0.15, 0.2) is 29.2 Å². The van der Waals surface area contributed by atoms with Gasteiger partial charge in [0.25, 0.3) is 5.91 Å². The van der Waals surface area contributed by atoms with Gasteiger partial charge in [0, 0.05) is 23.5 Å². The fraction of sp³-hybridized carbons (Fsp3) is 0.500. The van der Waals surface area contributed by atoms with Crippen LogP contribution in [0.2, 0.25) is 0 Å². The van der Waals surface area contributed by atoms with Gasteiger partial charge in [0.05, 0.1) is 17.6 Å². The van der Waals surface area contributed by atoms with Crippen LogP contribution in [0.4, 0.5) is 5.00 Å². The van der Waals surface area contributed by atoms with Crippen LogP contribution in [0.25, 0.3) is 0 Å². The minimum atomic E-state index is -3.61. The molecule has 0 aliphatic heterocycles. The van der Waals surface area contributed by atoms with E-state index >= 15 is 0 Å². The first-order valence-electron chi connectivity index (χ1n) is 11.3. The Hall–Kier alpha value is -2.23. The molecule has 1 heterocycles. The molecule has 0 saturated heterocycles. The van der Waals surface area contributed by atoms with Crippen LogP contribution >= 0.6 is 11.3 Å². The van der Waals surface area contributed by atoms with Gasteiger partial charge < -0.3 is 10.1 Å². The average molecular weight is 491 g/mol. The minimum absolute atomic E-state index is 0.0299. The van der Waals surface area contributed by atoms with Crippen LogP contribution in [0.3, 0.4) is 0 Å². The molecule has 33 heavy (non-hydrogen) atoms. The van der Waals surface area contributed by atoms with Gasteiger partial charge in [0.1, 0.15) is 5.00 Å². The molecule has 1 atom stereocenters. The number of anilines is 1. The van der Waals surface area contributed by atoms with Gasteiger partial charge in [-0.05, 0) is 67.9 Å². The van der Waals surface area contributed by atoms with Crippen molar-refractivity contribution in [1.29, 1.82) is 0 Å². The Balaban J connectivity index is 1.54. The standard InChI is InChI=1S/C24H30N2O5S2/c1-15-8-13-19-20(14-15)32-23(21(19)24(28)31-3)25-22(27)16-9-11-18(12-10-16)33(29,30)26(2)17-6-4-5-7-17/h9-12,15,17H,4-8,13-14H2,1-3H3,(H,25,27). The molecular formula is C24H30N2O5S2. The van der Waals surface area contributed by atoms with Crippen molar-refractivity contribution in [3.05, 3.63) is 45.8 Å². The number of carbonyl (C=O) groups excluding carboxylic acids is 2. The normalized spacial score (nSPS) is 18.8. The highest BCUT2D eigenvalue weighted by Gasteiger charge is 2.31. The van der Waals surface area contributed by atoms with E-state index in [1.54, 1.807) is 7.05 Å². The van der Waals surface area contributed by atoms with Gasteiger partial charge in [-0.1, -0.05) is 19.8 Å². The Morgan fingerprint density at radius 3 is 2.42 bits per heavy atom. The van der Waals surface area contributed by atoms with Crippen molar-refractivity contribution in [2.75, 3.05) is 19.5 Å². The quantitative estimate of drug-likeness (QED) is 0.603. The van der Waals surface area contributed by atoms with Crippen LogP contribution in [-0.2, 0) is 27.6 Å². The number of rotatable bonds is 6. The van der Waals surface area contributed by atoms with Crippen molar-refractivity contribution in [3.8, 4) is 0 Å². The maximum absolute atomic E-state index is 13.0. The highest BCUT2D eigenvalue weighted by atomic mass is 32.2. The molecule has 9 heteroatoms. The molecule has 1 aromatic carbocycles. The van der Waals surface area contributed by atoms with Gasteiger partial charge in [0.2, 0.25) is 10.0 Å². The van der Waals surface area contributed by atoms with E-state index in [0.29, 0.717) is 22.0 Å². The van der Waals surface area contributed by atoms with Crippen molar-refractivity contribution < 1.29 is 22.7 Å². The molecular weight excluding hydrogens is 460 g/mol. The van der Waals surface area contributed by atoms with Gasteiger partial charge in [0.15, 0.2) is 0 Å². The molecule has 2 aromatic rings. The monoisotopic (exact) mass is 490 g/mol. The van der Waals surface area contributed by atoms with E-state index in [4.69, 9.17) is 4.74 Å². The minimum Gasteiger partial charge on any atom is -0.465 e.